The number of allylic oxidation sites excluding steroid dienone is 2. The molecule has 0 saturated heterocycles. The third kappa shape index (κ3) is 2.48. The summed E-state index contributed by atoms with van der Waals surface area (Å²) in [5.74, 6) is -0.196. The number of hydrogen-bond donors (Lipinski definition) is 2. The number of rotatable bonds is 2. The molecule has 2 N–H and O–H groups in total. The predicted molar refractivity (Wildman–Crippen MR) is 89.0 cm³/mol. The van der Waals surface area contributed by atoms with Gasteiger partial charge in [-0.1, -0.05) is 24.3 Å². The first-order valence-electron chi connectivity index (χ1n) is 7.77. The van der Waals surface area contributed by atoms with Crippen LogP contribution in [0.3, 0.4) is 0 Å². The Hall–Kier alpha value is -2.95. The van der Waals surface area contributed by atoms with E-state index in [4.69, 9.17) is 0 Å². The quantitative estimate of drug-likeness (QED) is 0.746. The second-order valence-electron chi connectivity index (χ2n) is 6.00. The minimum atomic E-state index is -0.316. The van der Waals surface area contributed by atoms with Crippen molar-refractivity contribution in [1.82, 2.24) is 9.97 Å². The van der Waals surface area contributed by atoms with Crippen molar-refractivity contribution < 1.29 is 14.3 Å². The number of nitrogens with zero attached hydrogens (tertiary/aromatic N) is 1. The summed E-state index contributed by atoms with van der Waals surface area (Å²) < 4.78 is 13.1. The number of fused-ring (bicyclic) bond motifs is 1. The molecule has 0 bridgehead atoms. The molecule has 0 aliphatic heterocycles. The van der Waals surface area contributed by atoms with Gasteiger partial charge in [-0.15, -0.1) is 0 Å². The Morgan fingerprint density at radius 2 is 1.83 bits per heavy atom. The number of aliphatic hydroxyl groups excluding tert-OH is 1. The van der Waals surface area contributed by atoms with E-state index in [1.165, 1.54) is 12.1 Å². The van der Waals surface area contributed by atoms with Gasteiger partial charge >= 0.3 is 0 Å². The molecule has 24 heavy (non-hydrogen) atoms. The highest BCUT2D eigenvalue weighted by Crippen LogP contribution is 2.36. The molecule has 0 fully saturated rings. The first-order chi connectivity index (χ1) is 11.6. The number of Topliss-reactive ketones (excluding diaryl/α,β-unsaturated/α-hetero) is 1. The molecule has 120 valence electrons. The average molecular weight is 322 g/mol. The fraction of sp³-hybridized carbons (Fsp3) is 0.158. The Kier molecular flexibility index (Phi) is 3.41. The van der Waals surface area contributed by atoms with Gasteiger partial charge in [0.15, 0.2) is 5.78 Å². The number of hydrogen-bond acceptors (Lipinski definition) is 3. The summed E-state index contributed by atoms with van der Waals surface area (Å²) >= 11 is 0. The number of aromatic nitrogens is 2. The molecule has 3 aromatic rings. The van der Waals surface area contributed by atoms with Gasteiger partial charge in [0.05, 0.1) is 16.6 Å². The van der Waals surface area contributed by atoms with Crippen LogP contribution in [0.25, 0.3) is 16.6 Å². The van der Waals surface area contributed by atoms with Crippen molar-refractivity contribution in [2.45, 2.75) is 18.8 Å². The lowest BCUT2D eigenvalue weighted by Gasteiger charge is -2.23. The summed E-state index contributed by atoms with van der Waals surface area (Å²) in [6.07, 6.45) is 0.603. The van der Waals surface area contributed by atoms with Gasteiger partial charge in [-0.2, -0.15) is 0 Å². The van der Waals surface area contributed by atoms with E-state index in [9.17, 15) is 14.3 Å². The normalized spacial score (nSPS) is 18.4. The van der Waals surface area contributed by atoms with Crippen LogP contribution < -0.4 is 0 Å². The summed E-state index contributed by atoms with van der Waals surface area (Å²) in [5.41, 5.74) is 2.67. The maximum Gasteiger partial charge on any atom is 0.170 e. The number of nitrogens with one attached hydrogen (secondary N) is 1. The van der Waals surface area contributed by atoms with Gasteiger partial charge in [0.25, 0.3) is 0 Å². The maximum absolute atomic E-state index is 13.1. The van der Waals surface area contributed by atoms with Crippen molar-refractivity contribution in [2.75, 3.05) is 0 Å². The minimum absolute atomic E-state index is 0.0274. The molecule has 1 aromatic heterocycles. The number of halogens is 1. The number of imidazole rings is 1. The molecule has 4 rings (SSSR count). The molecule has 2 aromatic carbocycles. The van der Waals surface area contributed by atoms with Crippen LogP contribution in [0, 0.1) is 5.82 Å². The summed E-state index contributed by atoms with van der Waals surface area (Å²) in [4.78, 5) is 20.1. The van der Waals surface area contributed by atoms with Crippen molar-refractivity contribution in [3.05, 3.63) is 71.5 Å². The highest BCUT2D eigenvalue weighted by Gasteiger charge is 2.31. The van der Waals surface area contributed by atoms with Crippen molar-refractivity contribution in [3.63, 3.8) is 0 Å². The highest BCUT2D eigenvalue weighted by molar-refractivity contribution is 6.21. The lowest BCUT2D eigenvalue weighted by molar-refractivity contribution is -0.114. The maximum atomic E-state index is 13.1. The first kappa shape index (κ1) is 14.6. The topological polar surface area (TPSA) is 66.0 Å². The smallest absolute Gasteiger partial charge is 0.170 e. The Balaban J connectivity index is 1.70. The Bertz CT molecular complexity index is 924. The lowest BCUT2D eigenvalue weighted by atomic mass is 9.82. The average Bonchev–Trinajstić information content (AvgIpc) is 2.98. The number of ketones is 1. The molecular weight excluding hydrogens is 307 g/mol. The van der Waals surface area contributed by atoms with E-state index in [-0.39, 0.29) is 35.3 Å². The van der Waals surface area contributed by atoms with Crippen LogP contribution in [0.2, 0.25) is 0 Å². The van der Waals surface area contributed by atoms with Crippen molar-refractivity contribution in [3.8, 4) is 0 Å². The first-order valence-corrected chi connectivity index (χ1v) is 7.77. The zero-order chi connectivity index (χ0) is 16.7. The molecule has 1 unspecified atom stereocenters. The second-order valence-corrected chi connectivity index (χ2v) is 6.00. The predicted octanol–water partition coefficient (Wildman–Crippen LogP) is 4.12. The van der Waals surface area contributed by atoms with Gasteiger partial charge in [0.2, 0.25) is 0 Å². The molecule has 1 atom stereocenters. The molecule has 5 heteroatoms. The Labute approximate surface area is 137 Å². The van der Waals surface area contributed by atoms with Crippen LogP contribution in [-0.4, -0.2) is 20.9 Å². The molecule has 0 saturated carbocycles. The van der Waals surface area contributed by atoms with Gasteiger partial charge in [0, 0.05) is 12.8 Å². The van der Waals surface area contributed by atoms with E-state index in [0.717, 1.165) is 16.6 Å². The number of benzene rings is 2. The zero-order valence-electron chi connectivity index (χ0n) is 12.8. The van der Waals surface area contributed by atoms with Crippen molar-refractivity contribution in [2.24, 2.45) is 0 Å². The Morgan fingerprint density at radius 1 is 1.08 bits per heavy atom. The van der Waals surface area contributed by atoms with E-state index >= 15 is 0 Å². The molecular formula is C19H15FN2O2. The summed E-state index contributed by atoms with van der Waals surface area (Å²) in [7, 11) is 0. The molecule has 4 nitrogen and oxygen atoms in total. The number of aromatic amines is 1. The minimum Gasteiger partial charge on any atom is -0.511 e. The van der Waals surface area contributed by atoms with Crippen LogP contribution in [0.15, 0.2) is 54.3 Å². The summed E-state index contributed by atoms with van der Waals surface area (Å²) in [5, 5.41) is 10.4. The molecule has 1 aliphatic rings. The van der Waals surface area contributed by atoms with Crippen LogP contribution in [0.1, 0.15) is 30.1 Å². The van der Waals surface area contributed by atoms with E-state index < -0.39 is 0 Å². The van der Waals surface area contributed by atoms with Gasteiger partial charge in [-0.25, -0.2) is 9.37 Å². The molecule has 0 radical (unpaired) electrons. The lowest BCUT2D eigenvalue weighted by Crippen LogP contribution is -2.18. The molecule has 0 amide bonds. The largest absolute Gasteiger partial charge is 0.511 e. The monoisotopic (exact) mass is 322 g/mol. The summed E-state index contributed by atoms with van der Waals surface area (Å²) in [6, 6.07) is 13.5. The van der Waals surface area contributed by atoms with Crippen molar-refractivity contribution in [1.29, 1.82) is 0 Å². The number of para-hydroxylation sites is 2. The highest BCUT2D eigenvalue weighted by atomic mass is 19.1. The molecule has 1 heterocycles. The second kappa shape index (κ2) is 5.60. The van der Waals surface area contributed by atoms with Gasteiger partial charge in [0.1, 0.15) is 17.4 Å². The Morgan fingerprint density at radius 3 is 2.54 bits per heavy atom. The number of H-pyrrole nitrogens is 1. The van der Waals surface area contributed by atoms with Gasteiger partial charge in [-0.3, -0.25) is 4.79 Å². The number of carbonyl (C=O) groups excluding carboxylic acids is 1. The fourth-order valence-corrected chi connectivity index (χ4v) is 3.20. The van der Waals surface area contributed by atoms with Crippen LogP contribution in [0.5, 0.6) is 0 Å². The summed E-state index contributed by atoms with van der Waals surface area (Å²) in [6.45, 7) is 0. The van der Waals surface area contributed by atoms with E-state index in [2.05, 4.69) is 9.97 Å². The number of aliphatic hydroxyl groups is 1. The molecule has 0 spiro atoms. The van der Waals surface area contributed by atoms with E-state index in [0.29, 0.717) is 12.2 Å². The third-order valence-corrected chi connectivity index (χ3v) is 4.41. The van der Waals surface area contributed by atoms with Crippen LogP contribution >= 0.6 is 0 Å². The van der Waals surface area contributed by atoms with E-state index in [1.807, 2.05) is 24.3 Å². The zero-order valence-corrected chi connectivity index (χ0v) is 12.8. The SMILES string of the molecule is O=C1CC(c2ccc(F)cc2)CC(O)=C1c1nc2ccccc2[nH]1. The van der Waals surface area contributed by atoms with Crippen LogP contribution in [-0.2, 0) is 4.79 Å². The fourth-order valence-electron chi connectivity index (χ4n) is 3.20. The van der Waals surface area contributed by atoms with Gasteiger partial charge in [-0.05, 0) is 35.7 Å². The molecule has 1 aliphatic carbocycles. The van der Waals surface area contributed by atoms with Crippen molar-refractivity contribution >= 4 is 22.4 Å². The van der Waals surface area contributed by atoms with E-state index in [1.54, 1.807) is 12.1 Å². The standard InChI is InChI=1S/C19H15FN2O2/c20-13-7-5-11(6-8-13)12-9-16(23)18(17(24)10-12)19-21-14-3-1-2-4-15(14)22-19/h1-8,12,23H,9-10H2,(H,21,22). The van der Waals surface area contributed by atoms with Gasteiger partial charge < -0.3 is 10.1 Å². The number of carbonyl (C=O) groups is 1. The third-order valence-electron chi connectivity index (χ3n) is 4.41. The van der Waals surface area contributed by atoms with Crippen LogP contribution in [0.4, 0.5) is 4.39 Å².